The van der Waals surface area contributed by atoms with E-state index in [1.165, 1.54) is 48.4 Å². The molecule has 1 aromatic rings. The second kappa shape index (κ2) is 6.75. The number of fused-ring (bicyclic) bond motifs is 1. The van der Waals surface area contributed by atoms with Gasteiger partial charge in [0.05, 0.1) is 0 Å². The van der Waals surface area contributed by atoms with Crippen LogP contribution in [-0.4, -0.2) is 16.6 Å². The summed E-state index contributed by atoms with van der Waals surface area (Å²) < 4.78 is 2.06. The van der Waals surface area contributed by atoms with Gasteiger partial charge in [-0.05, 0) is 56.1 Å². The summed E-state index contributed by atoms with van der Waals surface area (Å²) in [6.07, 6.45) is 11.8. The molecular formula is C19H27N3O. The first-order chi connectivity index (χ1) is 11.1. The standard InChI is InChI=1S/C19H27N3O/c1-3-15(13-21(2)20)17-11-16-9-4-5-10-18(16)22(19(17)23)12-14-7-6-8-14/h3,11,13-14H,1,4-10,12,20H2,2H3/b15-13+. The molecule has 1 saturated carbocycles. The van der Waals surface area contributed by atoms with Gasteiger partial charge in [0, 0.05) is 36.6 Å². The van der Waals surface area contributed by atoms with Crippen molar-refractivity contribution in [2.24, 2.45) is 11.8 Å². The fraction of sp³-hybridized carbons (Fsp3) is 0.526. The van der Waals surface area contributed by atoms with Gasteiger partial charge in [-0.1, -0.05) is 19.1 Å². The van der Waals surface area contributed by atoms with E-state index in [4.69, 9.17) is 5.84 Å². The van der Waals surface area contributed by atoms with Crippen LogP contribution >= 0.6 is 0 Å². The lowest BCUT2D eigenvalue weighted by molar-refractivity contribution is 0.269. The molecule has 2 N–H and O–H groups in total. The summed E-state index contributed by atoms with van der Waals surface area (Å²) in [4.78, 5) is 13.1. The summed E-state index contributed by atoms with van der Waals surface area (Å²) in [7, 11) is 1.76. The monoisotopic (exact) mass is 313 g/mol. The van der Waals surface area contributed by atoms with Crippen molar-refractivity contribution in [3.8, 4) is 0 Å². The van der Waals surface area contributed by atoms with E-state index in [9.17, 15) is 4.79 Å². The van der Waals surface area contributed by atoms with Gasteiger partial charge in [-0.3, -0.25) is 4.79 Å². The molecule has 0 spiro atoms. The lowest BCUT2D eigenvalue weighted by atomic mass is 9.84. The molecule has 0 aliphatic heterocycles. The smallest absolute Gasteiger partial charge is 0.258 e. The Kier molecular flexibility index (Phi) is 4.71. The number of nitrogens with two attached hydrogens (primary N) is 1. The predicted molar refractivity (Wildman–Crippen MR) is 94.8 cm³/mol. The lowest BCUT2D eigenvalue weighted by Crippen LogP contribution is -2.33. The van der Waals surface area contributed by atoms with Gasteiger partial charge in [-0.15, -0.1) is 0 Å². The van der Waals surface area contributed by atoms with Gasteiger partial charge in [0.25, 0.3) is 5.56 Å². The summed E-state index contributed by atoms with van der Waals surface area (Å²) in [5, 5.41) is 1.48. The first-order valence-corrected chi connectivity index (χ1v) is 8.68. The fourth-order valence-corrected chi connectivity index (χ4v) is 3.67. The molecule has 1 aromatic heterocycles. The van der Waals surface area contributed by atoms with E-state index in [0.717, 1.165) is 30.5 Å². The molecule has 23 heavy (non-hydrogen) atoms. The van der Waals surface area contributed by atoms with E-state index in [0.29, 0.717) is 5.92 Å². The van der Waals surface area contributed by atoms with Crippen LogP contribution in [0.3, 0.4) is 0 Å². The van der Waals surface area contributed by atoms with Crippen LogP contribution in [0.4, 0.5) is 0 Å². The number of hydrogen-bond donors (Lipinski definition) is 1. The van der Waals surface area contributed by atoms with Crippen LogP contribution in [0.1, 0.15) is 48.9 Å². The summed E-state index contributed by atoms with van der Waals surface area (Å²) >= 11 is 0. The zero-order chi connectivity index (χ0) is 16.4. The minimum atomic E-state index is 0.116. The highest BCUT2D eigenvalue weighted by Crippen LogP contribution is 2.30. The minimum Gasteiger partial charge on any atom is -0.321 e. The second-order valence-corrected chi connectivity index (χ2v) is 6.90. The molecule has 4 nitrogen and oxygen atoms in total. The van der Waals surface area contributed by atoms with Crippen LogP contribution in [0, 0.1) is 5.92 Å². The number of aromatic nitrogens is 1. The lowest BCUT2D eigenvalue weighted by Gasteiger charge is -2.30. The predicted octanol–water partition coefficient (Wildman–Crippen LogP) is 2.86. The second-order valence-electron chi connectivity index (χ2n) is 6.90. The number of nitrogens with zero attached hydrogens (tertiary/aromatic N) is 2. The largest absolute Gasteiger partial charge is 0.321 e. The number of hydrogen-bond acceptors (Lipinski definition) is 3. The quantitative estimate of drug-likeness (QED) is 0.517. The maximum atomic E-state index is 13.1. The van der Waals surface area contributed by atoms with Crippen LogP contribution in [0.2, 0.25) is 0 Å². The van der Waals surface area contributed by atoms with E-state index in [2.05, 4.69) is 17.2 Å². The van der Waals surface area contributed by atoms with Crippen molar-refractivity contribution in [1.82, 2.24) is 9.58 Å². The highest BCUT2D eigenvalue weighted by molar-refractivity contribution is 5.73. The van der Waals surface area contributed by atoms with Crippen molar-refractivity contribution < 1.29 is 0 Å². The van der Waals surface area contributed by atoms with Gasteiger partial charge in [-0.25, -0.2) is 5.84 Å². The van der Waals surface area contributed by atoms with E-state index >= 15 is 0 Å². The number of pyridine rings is 1. The average molecular weight is 313 g/mol. The van der Waals surface area contributed by atoms with Gasteiger partial charge < -0.3 is 9.58 Å². The third-order valence-corrected chi connectivity index (χ3v) is 5.14. The molecule has 0 amide bonds. The SMILES string of the molecule is C=C/C(=C\N(C)N)c1cc2c(n(CC3CCC3)c1=O)CCCC2. The van der Waals surface area contributed by atoms with Gasteiger partial charge in [0.2, 0.25) is 0 Å². The first kappa shape index (κ1) is 16.1. The summed E-state index contributed by atoms with van der Waals surface area (Å²) in [5.74, 6) is 6.41. The molecule has 4 heteroatoms. The van der Waals surface area contributed by atoms with Crippen LogP contribution in [-0.2, 0) is 19.4 Å². The number of allylic oxidation sites excluding steroid dienone is 2. The van der Waals surface area contributed by atoms with Crippen molar-refractivity contribution >= 4 is 5.57 Å². The third-order valence-electron chi connectivity index (χ3n) is 5.14. The highest BCUT2D eigenvalue weighted by Gasteiger charge is 2.23. The normalized spacial score (nSPS) is 18.3. The maximum Gasteiger partial charge on any atom is 0.258 e. The summed E-state index contributed by atoms with van der Waals surface area (Å²) in [6.45, 7) is 4.74. The first-order valence-electron chi connectivity index (χ1n) is 8.68. The molecule has 0 bridgehead atoms. The number of rotatable bonds is 5. The number of aryl methyl sites for hydroxylation is 1. The van der Waals surface area contributed by atoms with Gasteiger partial charge in [0.15, 0.2) is 0 Å². The minimum absolute atomic E-state index is 0.116. The Morgan fingerprint density at radius 2 is 2.13 bits per heavy atom. The average Bonchev–Trinajstić information content (AvgIpc) is 2.49. The zero-order valence-corrected chi connectivity index (χ0v) is 14.1. The topological polar surface area (TPSA) is 51.3 Å². The summed E-state index contributed by atoms with van der Waals surface area (Å²) in [6, 6.07) is 2.07. The Morgan fingerprint density at radius 3 is 2.74 bits per heavy atom. The van der Waals surface area contributed by atoms with Crippen LogP contribution in [0.5, 0.6) is 0 Å². The molecule has 0 radical (unpaired) electrons. The van der Waals surface area contributed by atoms with Crippen LogP contribution in [0.15, 0.2) is 29.7 Å². The highest BCUT2D eigenvalue weighted by atomic mass is 16.1. The maximum absolute atomic E-state index is 13.1. The Labute approximate surface area is 138 Å². The Balaban J connectivity index is 2.11. The molecule has 2 aliphatic carbocycles. The molecule has 0 atom stereocenters. The molecule has 3 rings (SSSR count). The van der Waals surface area contributed by atoms with Gasteiger partial charge in [-0.2, -0.15) is 0 Å². The van der Waals surface area contributed by atoms with Crippen LogP contribution < -0.4 is 11.4 Å². The van der Waals surface area contributed by atoms with E-state index in [1.54, 1.807) is 19.3 Å². The van der Waals surface area contributed by atoms with Crippen molar-refractivity contribution in [2.45, 2.75) is 51.5 Å². The summed E-state index contributed by atoms with van der Waals surface area (Å²) in [5.41, 5.74) is 4.25. The zero-order valence-electron chi connectivity index (χ0n) is 14.1. The van der Waals surface area contributed by atoms with Gasteiger partial charge >= 0.3 is 0 Å². The molecule has 124 valence electrons. The molecule has 0 aromatic carbocycles. The molecule has 0 saturated heterocycles. The Morgan fingerprint density at radius 1 is 1.39 bits per heavy atom. The van der Waals surface area contributed by atoms with Crippen molar-refractivity contribution in [1.29, 1.82) is 0 Å². The van der Waals surface area contributed by atoms with Crippen molar-refractivity contribution in [3.63, 3.8) is 0 Å². The Hall–Kier alpha value is -1.81. The number of hydrazine groups is 1. The molecule has 1 fully saturated rings. The fourth-order valence-electron chi connectivity index (χ4n) is 3.67. The van der Waals surface area contributed by atoms with E-state index in [1.807, 2.05) is 0 Å². The molecule has 0 unspecified atom stereocenters. The van der Waals surface area contributed by atoms with E-state index < -0.39 is 0 Å². The van der Waals surface area contributed by atoms with Crippen LogP contribution in [0.25, 0.3) is 5.57 Å². The molecular weight excluding hydrogens is 286 g/mol. The Bertz CT molecular complexity index is 681. The van der Waals surface area contributed by atoms with Crippen molar-refractivity contribution in [2.75, 3.05) is 7.05 Å². The van der Waals surface area contributed by atoms with E-state index in [-0.39, 0.29) is 5.56 Å². The van der Waals surface area contributed by atoms with Crippen molar-refractivity contribution in [3.05, 3.63) is 52.1 Å². The third kappa shape index (κ3) is 3.27. The van der Waals surface area contributed by atoms with Gasteiger partial charge in [0.1, 0.15) is 0 Å². The molecule has 1 heterocycles. The molecule has 2 aliphatic rings.